The molecular weight excluding hydrogens is 456 g/mol. The number of rotatable bonds is 5. The molecule has 1 unspecified atom stereocenters. The van der Waals surface area contributed by atoms with Gasteiger partial charge in [0.25, 0.3) is 5.91 Å². The Morgan fingerprint density at radius 2 is 2.03 bits per heavy atom. The molecule has 3 aromatic rings. The van der Waals surface area contributed by atoms with Crippen molar-refractivity contribution < 1.29 is 9.53 Å². The summed E-state index contributed by atoms with van der Waals surface area (Å²) < 4.78 is 5.38. The standard InChI is InChI=1S/C26H26N8O2/c1-16-21(19-8-18(11-27)24(32-12-19)34-6-7-36-23(29)14-34)10-20(13-31-16)33-25(35)17-4-5-30-22(9-17)26(2,3)15-28/h4-5,8-10,12-13,23H,6-7,14,29H2,1-3H3,(H,33,35). The Morgan fingerprint density at radius 3 is 2.75 bits per heavy atom. The van der Waals surface area contributed by atoms with Gasteiger partial charge in [0.2, 0.25) is 0 Å². The number of ether oxygens (including phenoxy) is 1. The molecule has 0 saturated carbocycles. The first-order valence-corrected chi connectivity index (χ1v) is 11.4. The summed E-state index contributed by atoms with van der Waals surface area (Å²) in [4.78, 5) is 28.1. The van der Waals surface area contributed by atoms with E-state index in [2.05, 4.69) is 32.4 Å². The second-order valence-corrected chi connectivity index (χ2v) is 9.04. The molecule has 1 fully saturated rings. The van der Waals surface area contributed by atoms with Gasteiger partial charge in [-0.1, -0.05) is 0 Å². The molecule has 10 nitrogen and oxygen atoms in total. The molecule has 1 amide bonds. The zero-order chi connectivity index (χ0) is 25.9. The lowest BCUT2D eigenvalue weighted by Gasteiger charge is -2.32. The molecule has 1 aliphatic rings. The SMILES string of the molecule is Cc1ncc(NC(=O)c2ccnc(C(C)(C)C#N)c2)cc1-c1cnc(N2CCOC(N)C2)c(C#N)c1. The number of hydrogen-bond acceptors (Lipinski definition) is 9. The molecule has 1 aliphatic heterocycles. The minimum atomic E-state index is -0.821. The first-order valence-electron chi connectivity index (χ1n) is 11.4. The number of aryl methyl sites for hydroxylation is 1. The summed E-state index contributed by atoms with van der Waals surface area (Å²) >= 11 is 0. The van der Waals surface area contributed by atoms with Gasteiger partial charge in [-0.15, -0.1) is 0 Å². The van der Waals surface area contributed by atoms with Gasteiger partial charge in [0.1, 0.15) is 18.1 Å². The molecule has 36 heavy (non-hydrogen) atoms. The Bertz CT molecular complexity index is 1390. The lowest BCUT2D eigenvalue weighted by atomic mass is 9.90. The van der Waals surface area contributed by atoms with Crippen LogP contribution < -0.4 is 16.0 Å². The quantitative estimate of drug-likeness (QED) is 0.558. The van der Waals surface area contributed by atoms with E-state index in [0.29, 0.717) is 53.6 Å². The van der Waals surface area contributed by atoms with Crippen LogP contribution >= 0.6 is 0 Å². The first kappa shape index (κ1) is 24.7. The van der Waals surface area contributed by atoms with Crippen LogP contribution in [-0.2, 0) is 10.2 Å². The van der Waals surface area contributed by atoms with Crippen LogP contribution in [0.1, 0.15) is 41.2 Å². The summed E-state index contributed by atoms with van der Waals surface area (Å²) in [7, 11) is 0. The number of pyridine rings is 3. The van der Waals surface area contributed by atoms with Crippen molar-refractivity contribution in [2.75, 3.05) is 29.9 Å². The van der Waals surface area contributed by atoms with E-state index in [1.165, 1.54) is 6.20 Å². The van der Waals surface area contributed by atoms with E-state index in [1.54, 1.807) is 50.5 Å². The number of morpholine rings is 1. The lowest BCUT2D eigenvalue weighted by molar-refractivity contribution is 0.0448. The largest absolute Gasteiger partial charge is 0.360 e. The summed E-state index contributed by atoms with van der Waals surface area (Å²) in [6.07, 6.45) is 4.34. The Kier molecular flexibility index (Phi) is 6.93. The molecule has 0 aromatic carbocycles. The van der Waals surface area contributed by atoms with Crippen LogP contribution in [0.4, 0.5) is 11.5 Å². The van der Waals surface area contributed by atoms with Gasteiger partial charge < -0.3 is 20.7 Å². The smallest absolute Gasteiger partial charge is 0.255 e. The Morgan fingerprint density at radius 1 is 1.22 bits per heavy atom. The summed E-state index contributed by atoms with van der Waals surface area (Å²) in [5.74, 6) is 0.211. The summed E-state index contributed by atoms with van der Waals surface area (Å²) in [6.45, 7) is 6.85. The maximum Gasteiger partial charge on any atom is 0.255 e. The molecule has 3 aromatic heterocycles. The Balaban J connectivity index is 1.60. The molecular formula is C26H26N8O2. The highest BCUT2D eigenvalue weighted by atomic mass is 16.5. The van der Waals surface area contributed by atoms with Gasteiger partial charge in [-0.3, -0.25) is 14.8 Å². The molecule has 182 valence electrons. The van der Waals surface area contributed by atoms with Crippen molar-refractivity contribution in [3.8, 4) is 23.3 Å². The van der Waals surface area contributed by atoms with Crippen LogP contribution in [0.3, 0.4) is 0 Å². The van der Waals surface area contributed by atoms with Crippen molar-refractivity contribution in [1.82, 2.24) is 15.0 Å². The third kappa shape index (κ3) is 5.15. The van der Waals surface area contributed by atoms with Crippen molar-refractivity contribution in [3.05, 3.63) is 65.4 Å². The van der Waals surface area contributed by atoms with Crippen LogP contribution in [0.5, 0.6) is 0 Å². The zero-order valence-corrected chi connectivity index (χ0v) is 20.3. The molecule has 10 heteroatoms. The average molecular weight is 483 g/mol. The summed E-state index contributed by atoms with van der Waals surface area (Å²) in [5.41, 5.74) is 9.04. The Labute approximate surface area is 209 Å². The van der Waals surface area contributed by atoms with Crippen LogP contribution in [0.15, 0.2) is 42.9 Å². The van der Waals surface area contributed by atoms with Gasteiger partial charge >= 0.3 is 0 Å². The highest BCUT2D eigenvalue weighted by molar-refractivity contribution is 6.04. The van der Waals surface area contributed by atoms with Crippen LogP contribution in [0, 0.1) is 29.6 Å². The number of nitrogens with two attached hydrogens (primary N) is 1. The second kappa shape index (κ2) is 10.1. The number of aromatic nitrogens is 3. The monoisotopic (exact) mass is 482 g/mol. The number of carbonyl (C=O) groups excluding carboxylic acids is 1. The molecule has 0 aliphatic carbocycles. The maximum atomic E-state index is 12.9. The third-order valence-corrected chi connectivity index (χ3v) is 5.98. The second-order valence-electron chi connectivity index (χ2n) is 9.04. The van der Waals surface area contributed by atoms with Crippen molar-refractivity contribution in [2.24, 2.45) is 5.73 Å². The van der Waals surface area contributed by atoms with Crippen LogP contribution in [-0.4, -0.2) is 46.8 Å². The van der Waals surface area contributed by atoms with Crippen LogP contribution in [0.25, 0.3) is 11.1 Å². The van der Waals surface area contributed by atoms with E-state index in [9.17, 15) is 15.3 Å². The Hall–Kier alpha value is -4.38. The highest BCUT2D eigenvalue weighted by Crippen LogP contribution is 2.29. The number of nitriles is 2. The minimum Gasteiger partial charge on any atom is -0.360 e. The first-order chi connectivity index (χ1) is 17.2. The van der Waals surface area contributed by atoms with Crippen molar-refractivity contribution in [2.45, 2.75) is 32.4 Å². The molecule has 0 spiro atoms. The summed E-state index contributed by atoms with van der Waals surface area (Å²) in [6, 6.07) is 11.2. The molecule has 0 bridgehead atoms. The van der Waals surface area contributed by atoms with E-state index in [-0.39, 0.29) is 5.91 Å². The average Bonchev–Trinajstić information content (AvgIpc) is 2.89. The van der Waals surface area contributed by atoms with Gasteiger partial charge in [-0.25, -0.2) is 4.98 Å². The fraction of sp³-hybridized carbons (Fsp3) is 0.308. The van der Waals surface area contributed by atoms with Crippen molar-refractivity contribution >= 4 is 17.4 Å². The molecule has 4 heterocycles. The molecule has 1 atom stereocenters. The topological polar surface area (TPSA) is 154 Å². The fourth-order valence-corrected chi connectivity index (χ4v) is 3.87. The molecule has 0 radical (unpaired) electrons. The molecule has 4 rings (SSSR count). The number of amides is 1. The number of nitrogens with zero attached hydrogens (tertiary/aromatic N) is 6. The van der Waals surface area contributed by atoms with Gasteiger partial charge in [-0.2, -0.15) is 10.5 Å². The maximum absolute atomic E-state index is 12.9. The predicted octanol–water partition coefficient (Wildman–Crippen LogP) is 2.89. The minimum absolute atomic E-state index is 0.348. The molecule has 1 saturated heterocycles. The summed E-state index contributed by atoms with van der Waals surface area (Å²) in [5, 5.41) is 22.0. The normalized spacial score (nSPS) is 15.6. The van der Waals surface area contributed by atoms with E-state index >= 15 is 0 Å². The lowest BCUT2D eigenvalue weighted by Crippen LogP contribution is -2.47. The van der Waals surface area contributed by atoms with E-state index < -0.39 is 11.6 Å². The number of anilines is 2. The number of nitrogens with one attached hydrogen (secondary N) is 1. The van der Waals surface area contributed by atoms with Crippen molar-refractivity contribution in [3.63, 3.8) is 0 Å². The van der Waals surface area contributed by atoms with Gasteiger partial charge in [0, 0.05) is 41.3 Å². The van der Waals surface area contributed by atoms with E-state index in [1.807, 2.05) is 11.8 Å². The predicted molar refractivity (Wildman–Crippen MR) is 134 cm³/mol. The van der Waals surface area contributed by atoms with E-state index in [0.717, 1.165) is 11.3 Å². The van der Waals surface area contributed by atoms with E-state index in [4.69, 9.17) is 10.5 Å². The molecule has 3 N–H and O–H groups in total. The van der Waals surface area contributed by atoms with Crippen LogP contribution in [0.2, 0.25) is 0 Å². The zero-order valence-electron chi connectivity index (χ0n) is 20.3. The number of hydrogen-bond donors (Lipinski definition) is 2. The fourth-order valence-electron chi connectivity index (χ4n) is 3.87. The van der Waals surface area contributed by atoms with Gasteiger partial charge in [0.05, 0.1) is 47.8 Å². The highest BCUT2D eigenvalue weighted by Gasteiger charge is 2.23. The van der Waals surface area contributed by atoms with Gasteiger partial charge in [-0.05, 0) is 45.0 Å². The third-order valence-electron chi connectivity index (χ3n) is 5.98. The van der Waals surface area contributed by atoms with Gasteiger partial charge in [0.15, 0.2) is 0 Å². The van der Waals surface area contributed by atoms with Crippen molar-refractivity contribution in [1.29, 1.82) is 10.5 Å². The number of carbonyl (C=O) groups is 1.